The number of ketones is 1. The van der Waals surface area contributed by atoms with Crippen molar-refractivity contribution in [1.29, 1.82) is 0 Å². The Labute approximate surface area is 105 Å². The Hall–Kier alpha value is -2.42. The van der Waals surface area contributed by atoms with Crippen LogP contribution in [0.5, 0.6) is 0 Å². The first-order valence-electron chi connectivity index (χ1n) is 5.79. The number of fused-ring (bicyclic) bond motifs is 1. The van der Waals surface area contributed by atoms with Gasteiger partial charge < -0.3 is 4.40 Å². The van der Waals surface area contributed by atoms with Gasteiger partial charge in [0, 0.05) is 18.0 Å². The second-order valence-corrected chi connectivity index (χ2v) is 4.29. The number of pyridine rings is 1. The number of benzene rings is 1. The number of rotatable bonds is 2. The van der Waals surface area contributed by atoms with Crippen molar-refractivity contribution in [2.45, 2.75) is 6.92 Å². The van der Waals surface area contributed by atoms with Crippen molar-refractivity contribution in [3.63, 3.8) is 0 Å². The summed E-state index contributed by atoms with van der Waals surface area (Å²) in [4.78, 5) is 16.6. The molecule has 0 aliphatic rings. The van der Waals surface area contributed by atoms with Crippen LogP contribution in [0.4, 0.5) is 0 Å². The van der Waals surface area contributed by atoms with E-state index in [4.69, 9.17) is 0 Å². The van der Waals surface area contributed by atoms with Crippen LogP contribution >= 0.6 is 0 Å². The zero-order valence-electron chi connectivity index (χ0n) is 10.00. The minimum absolute atomic E-state index is 0.0429. The molecule has 0 atom stereocenters. The molecule has 3 nitrogen and oxygen atoms in total. The largest absolute Gasteiger partial charge is 0.306 e. The summed E-state index contributed by atoms with van der Waals surface area (Å²) in [6, 6.07) is 13.2. The van der Waals surface area contributed by atoms with Gasteiger partial charge in [-0.25, -0.2) is 4.98 Å². The monoisotopic (exact) mass is 236 g/mol. The van der Waals surface area contributed by atoms with Gasteiger partial charge in [0.15, 0.2) is 0 Å². The van der Waals surface area contributed by atoms with E-state index in [-0.39, 0.29) is 5.78 Å². The summed E-state index contributed by atoms with van der Waals surface area (Å²) in [5.74, 6) is -0.0429. The summed E-state index contributed by atoms with van der Waals surface area (Å²) in [6.07, 6.45) is 3.64. The van der Waals surface area contributed by atoms with Crippen molar-refractivity contribution >= 4 is 11.4 Å². The Morgan fingerprint density at radius 3 is 2.61 bits per heavy atom. The predicted molar refractivity (Wildman–Crippen MR) is 69.8 cm³/mol. The molecule has 0 radical (unpaired) electrons. The van der Waals surface area contributed by atoms with Crippen LogP contribution in [0, 0.1) is 6.92 Å². The van der Waals surface area contributed by atoms with Crippen LogP contribution in [0.25, 0.3) is 5.65 Å². The molecule has 18 heavy (non-hydrogen) atoms. The number of imidazole rings is 1. The number of carbonyl (C=O) groups is 1. The molecule has 2 aromatic heterocycles. The molecule has 0 N–H and O–H groups in total. The van der Waals surface area contributed by atoms with Crippen LogP contribution in [0.1, 0.15) is 21.6 Å². The smallest absolute Gasteiger partial charge is 0.212 e. The molecule has 0 aliphatic heterocycles. The van der Waals surface area contributed by atoms with Crippen LogP contribution in [-0.4, -0.2) is 15.2 Å². The average Bonchev–Trinajstić information content (AvgIpc) is 2.82. The van der Waals surface area contributed by atoms with Gasteiger partial charge in [-0.2, -0.15) is 0 Å². The molecule has 0 amide bonds. The molecule has 0 unspecified atom stereocenters. The molecule has 0 bridgehead atoms. The standard InChI is InChI=1S/C15H12N2O/c1-11-5-7-12(8-6-11)15(18)13-10-17-9-3-2-4-14(17)16-13/h2-10H,1H3. The van der Waals surface area contributed by atoms with E-state index in [1.165, 1.54) is 0 Å². The van der Waals surface area contributed by atoms with Gasteiger partial charge in [-0.3, -0.25) is 4.79 Å². The highest BCUT2D eigenvalue weighted by Crippen LogP contribution is 2.11. The predicted octanol–water partition coefficient (Wildman–Crippen LogP) is 2.87. The van der Waals surface area contributed by atoms with E-state index in [1.54, 1.807) is 6.20 Å². The third-order valence-electron chi connectivity index (χ3n) is 2.91. The molecule has 0 fully saturated rings. The summed E-state index contributed by atoms with van der Waals surface area (Å²) in [5.41, 5.74) is 3.07. The topological polar surface area (TPSA) is 34.4 Å². The molecular formula is C15H12N2O. The lowest BCUT2D eigenvalue weighted by molar-refractivity contribution is 0.103. The quantitative estimate of drug-likeness (QED) is 0.641. The van der Waals surface area contributed by atoms with Crippen LogP contribution in [0.15, 0.2) is 54.9 Å². The molecule has 1 aromatic carbocycles. The zero-order valence-corrected chi connectivity index (χ0v) is 10.00. The lowest BCUT2D eigenvalue weighted by Crippen LogP contribution is -2.01. The van der Waals surface area contributed by atoms with Gasteiger partial charge in [-0.05, 0) is 19.1 Å². The summed E-state index contributed by atoms with van der Waals surface area (Å²) in [7, 11) is 0. The highest BCUT2D eigenvalue weighted by atomic mass is 16.1. The Kier molecular flexibility index (Phi) is 2.45. The minimum atomic E-state index is -0.0429. The molecule has 88 valence electrons. The van der Waals surface area contributed by atoms with Crippen LogP contribution in [-0.2, 0) is 0 Å². The molecule has 3 aromatic rings. The summed E-state index contributed by atoms with van der Waals surface area (Å²) in [5, 5.41) is 0. The van der Waals surface area contributed by atoms with Gasteiger partial charge in [0.25, 0.3) is 0 Å². The van der Waals surface area contributed by atoms with Crippen LogP contribution in [0.3, 0.4) is 0 Å². The summed E-state index contributed by atoms with van der Waals surface area (Å²) < 4.78 is 1.85. The third-order valence-corrected chi connectivity index (χ3v) is 2.91. The fourth-order valence-corrected chi connectivity index (χ4v) is 1.90. The van der Waals surface area contributed by atoms with Crippen molar-refractivity contribution in [3.05, 3.63) is 71.7 Å². The Balaban J connectivity index is 2.03. The summed E-state index contributed by atoms with van der Waals surface area (Å²) >= 11 is 0. The van der Waals surface area contributed by atoms with Gasteiger partial charge in [0.1, 0.15) is 11.3 Å². The van der Waals surface area contributed by atoms with E-state index in [1.807, 2.05) is 60.0 Å². The van der Waals surface area contributed by atoms with Gasteiger partial charge in [0.2, 0.25) is 5.78 Å². The number of carbonyl (C=O) groups excluding carboxylic acids is 1. The lowest BCUT2D eigenvalue weighted by atomic mass is 10.1. The first-order valence-corrected chi connectivity index (χ1v) is 5.79. The van der Waals surface area contributed by atoms with Gasteiger partial charge in [-0.1, -0.05) is 35.9 Å². The van der Waals surface area contributed by atoms with Gasteiger partial charge in [0.05, 0.1) is 0 Å². The maximum atomic E-state index is 12.3. The lowest BCUT2D eigenvalue weighted by Gasteiger charge is -1.97. The third kappa shape index (κ3) is 1.80. The zero-order chi connectivity index (χ0) is 12.5. The number of aromatic nitrogens is 2. The molecule has 0 aliphatic carbocycles. The summed E-state index contributed by atoms with van der Waals surface area (Å²) in [6.45, 7) is 2.00. The molecule has 3 rings (SSSR count). The fraction of sp³-hybridized carbons (Fsp3) is 0.0667. The average molecular weight is 236 g/mol. The van der Waals surface area contributed by atoms with E-state index < -0.39 is 0 Å². The number of hydrogen-bond donors (Lipinski definition) is 0. The number of nitrogens with zero attached hydrogens (tertiary/aromatic N) is 2. The second-order valence-electron chi connectivity index (χ2n) is 4.29. The van der Waals surface area contributed by atoms with E-state index in [0.29, 0.717) is 11.3 Å². The maximum Gasteiger partial charge on any atom is 0.212 e. The van der Waals surface area contributed by atoms with E-state index >= 15 is 0 Å². The molecule has 2 heterocycles. The van der Waals surface area contributed by atoms with Crippen molar-refractivity contribution < 1.29 is 4.79 Å². The first-order chi connectivity index (χ1) is 8.74. The van der Waals surface area contributed by atoms with Gasteiger partial charge in [-0.15, -0.1) is 0 Å². The molecule has 0 saturated heterocycles. The minimum Gasteiger partial charge on any atom is -0.306 e. The van der Waals surface area contributed by atoms with Crippen molar-refractivity contribution in [1.82, 2.24) is 9.38 Å². The Morgan fingerprint density at radius 1 is 1.11 bits per heavy atom. The molecule has 0 saturated carbocycles. The molecular weight excluding hydrogens is 224 g/mol. The van der Waals surface area contributed by atoms with E-state index in [0.717, 1.165) is 11.2 Å². The molecule has 3 heteroatoms. The SMILES string of the molecule is Cc1ccc(C(=O)c2cn3ccccc3n2)cc1. The Morgan fingerprint density at radius 2 is 1.89 bits per heavy atom. The maximum absolute atomic E-state index is 12.3. The molecule has 0 spiro atoms. The second kappa shape index (κ2) is 4.11. The van der Waals surface area contributed by atoms with Crippen molar-refractivity contribution in [2.75, 3.05) is 0 Å². The van der Waals surface area contributed by atoms with Crippen LogP contribution < -0.4 is 0 Å². The fourth-order valence-electron chi connectivity index (χ4n) is 1.90. The highest BCUT2D eigenvalue weighted by molar-refractivity contribution is 6.07. The van der Waals surface area contributed by atoms with E-state index in [9.17, 15) is 4.79 Å². The highest BCUT2D eigenvalue weighted by Gasteiger charge is 2.12. The van der Waals surface area contributed by atoms with Gasteiger partial charge >= 0.3 is 0 Å². The van der Waals surface area contributed by atoms with E-state index in [2.05, 4.69) is 4.98 Å². The van der Waals surface area contributed by atoms with Crippen LogP contribution in [0.2, 0.25) is 0 Å². The number of hydrogen-bond acceptors (Lipinski definition) is 2. The number of aryl methyl sites for hydroxylation is 1. The normalized spacial score (nSPS) is 10.7. The van der Waals surface area contributed by atoms with Crippen molar-refractivity contribution in [2.24, 2.45) is 0 Å². The Bertz CT molecular complexity index is 678. The van der Waals surface area contributed by atoms with Crippen molar-refractivity contribution in [3.8, 4) is 0 Å². The first kappa shape index (κ1) is 10.7.